The number of fused-ring (bicyclic) bond motifs is 1. The van der Waals surface area contributed by atoms with Crippen LogP contribution in [0.5, 0.6) is 0 Å². The quantitative estimate of drug-likeness (QED) is 0.906. The molecule has 1 heterocycles. The molecule has 2 unspecified atom stereocenters. The van der Waals surface area contributed by atoms with Gasteiger partial charge in [0.15, 0.2) is 0 Å². The zero-order valence-corrected chi connectivity index (χ0v) is 13.2. The minimum absolute atomic E-state index is 0.0577. The smallest absolute Gasteiger partial charge is 0.223 e. The molecule has 22 heavy (non-hydrogen) atoms. The SMILES string of the molecule is COCC(C)NC(=O)CC1c2ccccc2C=CN1C(C)=O. The van der Waals surface area contributed by atoms with Gasteiger partial charge in [-0.1, -0.05) is 24.3 Å². The summed E-state index contributed by atoms with van der Waals surface area (Å²) < 4.78 is 5.02. The fourth-order valence-electron chi connectivity index (χ4n) is 2.71. The third-order valence-corrected chi connectivity index (χ3v) is 3.67. The minimum Gasteiger partial charge on any atom is -0.383 e. The maximum absolute atomic E-state index is 12.2. The number of ether oxygens (including phenoxy) is 1. The van der Waals surface area contributed by atoms with Gasteiger partial charge >= 0.3 is 0 Å². The Hall–Kier alpha value is -2.14. The van der Waals surface area contributed by atoms with Gasteiger partial charge in [-0.25, -0.2) is 0 Å². The largest absolute Gasteiger partial charge is 0.383 e. The number of hydrogen-bond acceptors (Lipinski definition) is 3. The molecule has 0 fully saturated rings. The van der Waals surface area contributed by atoms with Crippen LogP contribution in [0.25, 0.3) is 6.08 Å². The lowest BCUT2D eigenvalue weighted by Crippen LogP contribution is -2.39. The summed E-state index contributed by atoms with van der Waals surface area (Å²) >= 11 is 0. The van der Waals surface area contributed by atoms with Gasteiger partial charge in [0.25, 0.3) is 0 Å². The van der Waals surface area contributed by atoms with E-state index >= 15 is 0 Å². The van der Waals surface area contributed by atoms with Gasteiger partial charge in [0.2, 0.25) is 11.8 Å². The van der Waals surface area contributed by atoms with Gasteiger partial charge in [0, 0.05) is 26.3 Å². The Kier molecular flexibility index (Phi) is 5.33. The molecule has 1 aliphatic rings. The summed E-state index contributed by atoms with van der Waals surface area (Å²) in [6.07, 6.45) is 3.88. The maximum atomic E-state index is 12.2. The van der Waals surface area contributed by atoms with Crippen molar-refractivity contribution in [3.8, 4) is 0 Å². The number of rotatable bonds is 5. The van der Waals surface area contributed by atoms with Crippen molar-refractivity contribution in [1.29, 1.82) is 0 Å². The average Bonchev–Trinajstić information content (AvgIpc) is 2.47. The van der Waals surface area contributed by atoms with Crippen LogP contribution in [0.4, 0.5) is 0 Å². The normalized spacial score (nSPS) is 17.8. The van der Waals surface area contributed by atoms with E-state index < -0.39 is 0 Å². The molecular weight excluding hydrogens is 280 g/mol. The van der Waals surface area contributed by atoms with Crippen molar-refractivity contribution in [3.05, 3.63) is 41.6 Å². The van der Waals surface area contributed by atoms with Gasteiger partial charge in [-0.2, -0.15) is 0 Å². The van der Waals surface area contributed by atoms with E-state index in [4.69, 9.17) is 4.74 Å². The van der Waals surface area contributed by atoms with Gasteiger partial charge in [-0.15, -0.1) is 0 Å². The number of nitrogens with zero attached hydrogens (tertiary/aromatic N) is 1. The molecule has 0 bridgehead atoms. The number of nitrogens with one attached hydrogen (secondary N) is 1. The lowest BCUT2D eigenvalue weighted by atomic mass is 9.93. The lowest BCUT2D eigenvalue weighted by Gasteiger charge is -2.32. The van der Waals surface area contributed by atoms with Gasteiger partial charge in [0.05, 0.1) is 19.1 Å². The first-order valence-corrected chi connectivity index (χ1v) is 7.37. The van der Waals surface area contributed by atoms with Crippen LogP contribution in [0.15, 0.2) is 30.5 Å². The van der Waals surface area contributed by atoms with Crippen molar-refractivity contribution < 1.29 is 14.3 Å². The second-order valence-electron chi connectivity index (χ2n) is 5.51. The predicted molar refractivity (Wildman–Crippen MR) is 84.8 cm³/mol. The highest BCUT2D eigenvalue weighted by Gasteiger charge is 2.28. The summed E-state index contributed by atoms with van der Waals surface area (Å²) in [6.45, 7) is 3.86. The number of methoxy groups -OCH3 is 1. The third-order valence-electron chi connectivity index (χ3n) is 3.67. The Balaban J connectivity index is 2.16. The Morgan fingerprint density at radius 3 is 2.77 bits per heavy atom. The van der Waals surface area contributed by atoms with Crippen LogP contribution >= 0.6 is 0 Å². The molecule has 2 amide bonds. The van der Waals surface area contributed by atoms with E-state index in [2.05, 4.69) is 5.32 Å². The molecule has 5 nitrogen and oxygen atoms in total. The number of hydrogen-bond donors (Lipinski definition) is 1. The molecule has 0 saturated heterocycles. The van der Waals surface area contributed by atoms with E-state index in [1.54, 1.807) is 18.2 Å². The number of carbonyl (C=O) groups excluding carboxylic acids is 2. The van der Waals surface area contributed by atoms with E-state index in [1.807, 2.05) is 37.3 Å². The molecule has 0 spiro atoms. The van der Waals surface area contributed by atoms with Crippen molar-refractivity contribution in [2.75, 3.05) is 13.7 Å². The summed E-state index contributed by atoms with van der Waals surface area (Å²) in [5.41, 5.74) is 2.04. The highest BCUT2D eigenvalue weighted by molar-refractivity contribution is 5.81. The van der Waals surface area contributed by atoms with Crippen LogP contribution in [0, 0.1) is 0 Å². The first-order chi connectivity index (χ1) is 10.5. The molecule has 0 radical (unpaired) electrons. The topological polar surface area (TPSA) is 58.6 Å². The molecule has 1 N–H and O–H groups in total. The molecule has 1 aromatic rings. The molecule has 118 valence electrons. The van der Waals surface area contributed by atoms with Gasteiger partial charge < -0.3 is 15.0 Å². The molecule has 2 atom stereocenters. The van der Waals surface area contributed by atoms with Gasteiger partial charge in [0.1, 0.15) is 0 Å². The summed E-state index contributed by atoms with van der Waals surface area (Å²) in [5.74, 6) is -0.167. The number of amides is 2. The van der Waals surface area contributed by atoms with Crippen LogP contribution in [-0.2, 0) is 14.3 Å². The second kappa shape index (κ2) is 7.22. The molecule has 0 saturated carbocycles. The molecule has 0 aliphatic carbocycles. The molecule has 5 heteroatoms. The Morgan fingerprint density at radius 2 is 2.09 bits per heavy atom. The standard InChI is InChI=1S/C17H22N2O3/c1-12(11-22-3)18-17(21)10-16-15-7-5-4-6-14(15)8-9-19(16)13(2)20/h4-9,12,16H,10-11H2,1-3H3,(H,18,21). The van der Waals surface area contributed by atoms with Gasteiger partial charge in [-0.3, -0.25) is 9.59 Å². The summed E-state index contributed by atoms with van der Waals surface area (Å²) in [5, 5.41) is 2.89. The molecule has 2 rings (SSSR count). The fraction of sp³-hybridized carbons (Fsp3) is 0.412. The summed E-state index contributed by atoms with van der Waals surface area (Å²) in [6, 6.07) is 7.50. The Bertz CT molecular complexity index is 583. The number of benzene rings is 1. The van der Waals surface area contributed by atoms with Crippen LogP contribution in [0.3, 0.4) is 0 Å². The first kappa shape index (κ1) is 16.2. The minimum atomic E-state index is -0.270. The third kappa shape index (κ3) is 3.74. The van der Waals surface area contributed by atoms with Crippen LogP contribution in [-0.4, -0.2) is 36.5 Å². The molecular formula is C17H22N2O3. The maximum Gasteiger partial charge on any atom is 0.223 e. The Morgan fingerprint density at radius 1 is 1.36 bits per heavy atom. The van der Waals surface area contributed by atoms with E-state index in [0.29, 0.717) is 6.61 Å². The lowest BCUT2D eigenvalue weighted by molar-refractivity contribution is -0.130. The van der Waals surface area contributed by atoms with E-state index in [9.17, 15) is 9.59 Å². The fourth-order valence-corrected chi connectivity index (χ4v) is 2.71. The molecule has 0 aromatic heterocycles. The van der Waals surface area contributed by atoms with Crippen molar-refractivity contribution >= 4 is 17.9 Å². The van der Waals surface area contributed by atoms with Crippen molar-refractivity contribution in [2.45, 2.75) is 32.4 Å². The number of carbonyl (C=O) groups is 2. The first-order valence-electron chi connectivity index (χ1n) is 7.37. The molecule has 1 aliphatic heterocycles. The summed E-state index contributed by atoms with van der Waals surface area (Å²) in [4.78, 5) is 25.7. The second-order valence-corrected chi connectivity index (χ2v) is 5.51. The van der Waals surface area contributed by atoms with E-state index in [-0.39, 0.29) is 30.3 Å². The van der Waals surface area contributed by atoms with Crippen LogP contribution < -0.4 is 5.32 Å². The van der Waals surface area contributed by atoms with E-state index in [1.165, 1.54) is 6.92 Å². The monoisotopic (exact) mass is 302 g/mol. The average molecular weight is 302 g/mol. The van der Waals surface area contributed by atoms with Gasteiger partial charge in [-0.05, 0) is 24.1 Å². The molecule has 1 aromatic carbocycles. The van der Waals surface area contributed by atoms with Crippen molar-refractivity contribution in [1.82, 2.24) is 10.2 Å². The van der Waals surface area contributed by atoms with Crippen molar-refractivity contribution in [2.24, 2.45) is 0 Å². The predicted octanol–water partition coefficient (Wildman–Crippen LogP) is 2.10. The highest BCUT2D eigenvalue weighted by Crippen LogP contribution is 2.32. The zero-order valence-electron chi connectivity index (χ0n) is 13.2. The van der Waals surface area contributed by atoms with Crippen LogP contribution in [0.2, 0.25) is 0 Å². The highest BCUT2D eigenvalue weighted by atomic mass is 16.5. The van der Waals surface area contributed by atoms with Crippen LogP contribution in [0.1, 0.15) is 37.4 Å². The zero-order chi connectivity index (χ0) is 16.1. The Labute approximate surface area is 130 Å². The van der Waals surface area contributed by atoms with E-state index in [0.717, 1.165) is 11.1 Å². The van der Waals surface area contributed by atoms with Crippen molar-refractivity contribution in [3.63, 3.8) is 0 Å². The summed E-state index contributed by atoms with van der Waals surface area (Å²) in [7, 11) is 1.60.